The van der Waals surface area contributed by atoms with Crippen LogP contribution in [0.3, 0.4) is 0 Å². The van der Waals surface area contributed by atoms with Crippen LogP contribution in [-0.2, 0) is 0 Å². The van der Waals surface area contributed by atoms with E-state index < -0.39 is 12.5 Å². The Hall–Kier alpha value is -1.11. The van der Waals surface area contributed by atoms with E-state index in [0.717, 1.165) is 0 Å². The Labute approximate surface area is 127 Å². The first-order chi connectivity index (χ1) is 8.93. The summed E-state index contributed by atoms with van der Waals surface area (Å²) < 4.78 is 28.8. The first-order valence-corrected chi connectivity index (χ1v) is 6.01. The van der Waals surface area contributed by atoms with Gasteiger partial charge in [-0.05, 0) is 32.2 Å². The lowest BCUT2D eigenvalue weighted by Gasteiger charge is -2.14. The molecule has 0 aliphatic rings. The Morgan fingerprint density at radius 1 is 1.45 bits per heavy atom. The highest BCUT2D eigenvalue weighted by atomic mass is 35.5. The van der Waals surface area contributed by atoms with Crippen LogP contribution in [0.25, 0.3) is 0 Å². The molecule has 1 amide bonds. The quantitative estimate of drug-likeness (QED) is 0.844. The van der Waals surface area contributed by atoms with Crippen molar-refractivity contribution in [2.24, 2.45) is 0 Å². The van der Waals surface area contributed by atoms with Gasteiger partial charge in [0.1, 0.15) is 5.75 Å². The van der Waals surface area contributed by atoms with E-state index in [0.29, 0.717) is 6.54 Å². The van der Waals surface area contributed by atoms with Gasteiger partial charge in [-0.25, -0.2) is 0 Å². The fourth-order valence-electron chi connectivity index (χ4n) is 1.32. The molecule has 0 aliphatic heterocycles. The molecule has 0 saturated carbocycles. The van der Waals surface area contributed by atoms with E-state index in [2.05, 4.69) is 15.4 Å². The molecule has 1 rings (SSSR count). The van der Waals surface area contributed by atoms with Gasteiger partial charge in [-0.2, -0.15) is 8.78 Å². The number of carbonyl (C=O) groups is 1. The number of hydrogen-bond acceptors (Lipinski definition) is 3. The average Bonchev–Trinajstić information content (AvgIpc) is 2.37. The van der Waals surface area contributed by atoms with Gasteiger partial charge in [-0.3, -0.25) is 4.79 Å². The van der Waals surface area contributed by atoms with Gasteiger partial charge in [0.15, 0.2) is 0 Å². The number of likely N-dealkylation sites (N-methyl/N-ethyl adjacent to an activating group) is 1. The summed E-state index contributed by atoms with van der Waals surface area (Å²) in [5.74, 6) is -0.714. The Morgan fingerprint density at radius 3 is 2.65 bits per heavy atom. The lowest BCUT2D eigenvalue weighted by atomic mass is 10.2. The number of carbonyl (C=O) groups excluding carboxylic acids is 1. The first-order valence-electron chi connectivity index (χ1n) is 5.64. The molecule has 0 aromatic heterocycles. The minimum Gasteiger partial charge on any atom is -0.434 e. The fourth-order valence-corrected chi connectivity index (χ4v) is 1.49. The third-order valence-electron chi connectivity index (χ3n) is 2.46. The number of nitrogens with one attached hydrogen (secondary N) is 2. The SMILES string of the molecule is CNC(C)CNC(=O)c1cc(Cl)ccc1OC(F)F.Cl. The van der Waals surface area contributed by atoms with Gasteiger partial charge in [0, 0.05) is 17.6 Å². The molecule has 1 atom stereocenters. The largest absolute Gasteiger partial charge is 0.434 e. The van der Waals surface area contributed by atoms with E-state index in [4.69, 9.17) is 11.6 Å². The third kappa shape index (κ3) is 5.90. The van der Waals surface area contributed by atoms with E-state index in [1.807, 2.05) is 6.92 Å². The van der Waals surface area contributed by atoms with Gasteiger partial charge in [0.2, 0.25) is 0 Å². The molecule has 20 heavy (non-hydrogen) atoms. The van der Waals surface area contributed by atoms with Crippen molar-refractivity contribution in [2.75, 3.05) is 13.6 Å². The second-order valence-corrected chi connectivity index (χ2v) is 4.36. The summed E-state index contributed by atoms with van der Waals surface area (Å²) in [7, 11) is 1.75. The summed E-state index contributed by atoms with van der Waals surface area (Å²) in [6, 6.07) is 3.97. The fraction of sp³-hybridized carbons (Fsp3) is 0.417. The molecule has 1 aromatic carbocycles. The van der Waals surface area contributed by atoms with Gasteiger partial charge < -0.3 is 15.4 Å². The van der Waals surface area contributed by atoms with Crippen LogP contribution in [0.5, 0.6) is 5.75 Å². The molecule has 0 saturated heterocycles. The Balaban J connectivity index is 0.00000361. The van der Waals surface area contributed by atoms with Crippen LogP contribution in [0.1, 0.15) is 17.3 Å². The van der Waals surface area contributed by atoms with Crippen molar-refractivity contribution in [3.05, 3.63) is 28.8 Å². The Kier molecular flexibility index (Phi) is 8.45. The first kappa shape index (κ1) is 18.9. The predicted molar refractivity (Wildman–Crippen MR) is 76.2 cm³/mol. The van der Waals surface area contributed by atoms with Crippen molar-refractivity contribution in [2.45, 2.75) is 19.6 Å². The molecule has 0 bridgehead atoms. The maximum Gasteiger partial charge on any atom is 0.387 e. The van der Waals surface area contributed by atoms with E-state index >= 15 is 0 Å². The van der Waals surface area contributed by atoms with Gasteiger partial charge in [-0.1, -0.05) is 11.6 Å². The number of rotatable bonds is 6. The van der Waals surface area contributed by atoms with Gasteiger partial charge in [-0.15, -0.1) is 12.4 Å². The Bertz CT molecular complexity index is 447. The lowest BCUT2D eigenvalue weighted by molar-refractivity contribution is -0.0501. The van der Waals surface area contributed by atoms with Crippen molar-refractivity contribution in [3.8, 4) is 5.75 Å². The Morgan fingerprint density at radius 2 is 2.10 bits per heavy atom. The molecule has 8 heteroatoms. The third-order valence-corrected chi connectivity index (χ3v) is 2.70. The molecule has 0 aliphatic carbocycles. The molecule has 114 valence electrons. The second kappa shape index (κ2) is 8.94. The van der Waals surface area contributed by atoms with Crippen LogP contribution >= 0.6 is 24.0 Å². The van der Waals surface area contributed by atoms with E-state index in [-0.39, 0.29) is 34.8 Å². The van der Waals surface area contributed by atoms with Crippen molar-refractivity contribution in [1.82, 2.24) is 10.6 Å². The smallest absolute Gasteiger partial charge is 0.387 e. The van der Waals surface area contributed by atoms with Crippen molar-refractivity contribution in [1.29, 1.82) is 0 Å². The lowest BCUT2D eigenvalue weighted by Crippen LogP contribution is -2.37. The molecule has 0 spiro atoms. The van der Waals surface area contributed by atoms with Crippen molar-refractivity contribution in [3.63, 3.8) is 0 Å². The van der Waals surface area contributed by atoms with Crippen LogP contribution in [-0.4, -0.2) is 32.2 Å². The number of halogens is 4. The summed E-state index contributed by atoms with van der Waals surface area (Å²) in [4.78, 5) is 11.9. The highest BCUT2D eigenvalue weighted by molar-refractivity contribution is 6.31. The highest BCUT2D eigenvalue weighted by Gasteiger charge is 2.16. The highest BCUT2D eigenvalue weighted by Crippen LogP contribution is 2.24. The number of ether oxygens (including phenoxy) is 1. The molecule has 2 N–H and O–H groups in total. The average molecular weight is 329 g/mol. The van der Waals surface area contributed by atoms with Crippen LogP contribution < -0.4 is 15.4 Å². The minimum atomic E-state index is -3.00. The number of alkyl halides is 2. The van der Waals surface area contributed by atoms with Gasteiger partial charge in [0.05, 0.1) is 5.56 Å². The van der Waals surface area contributed by atoms with E-state index in [1.54, 1.807) is 7.05 Å². The number of hydrogen-bond donors (Lipinski definition) is 2. The second-order valence-electron chi connectivity index (χ2n) is 3.92. The van der Waals surface area contributed by atoms with E-state index in [1.165, 1.54) is 18.2 Å². The molecule has 0 fully saturated rings. The predicted octanol–water partition coefficient (Wildman–Crippen LogP) is 2.70. The molecule has 4 nitrogen and oxygen atoms in total. The zero-order chi connectivity index (χ0) is 14.4. The molecule has 1 unspecified atom stereocenters. The molecule has 0 radical (unpaired) electrons. The topological polar surface area (TPSA) is 50.4 Å². The van der Waals surface area contributed by atoms with Crippen molar-refractivity contribution >= 4 is 29.9 Å². The van der Waals surface area contributed by atoms with Crippen LogP contribution in [0.15, 0.2) is 18.2 Å². The number of benzene rings is 1. The molecular formula is C12H16Cl2F2N2O2. The summed E-state index contributed by atoms with van der Waals surface area (Å²) in [6.45, 7) is -0.769. The maximum absolute atomic E-state index is 12.2. The monoisotopic (exact) mass is 328 g/mol. The molecule has 1 aromatic rings. The summed E-state index contributed by atoms with van der Waals surface area (Å²) in [5, 5.41) is 5.82. The maximum atomic E-state index is 12.2. The summed E-state index contributed by atoms with van der Waals surface area (Å²) in [6.07, 6.45) is 0. The van der Waals surface area contributed by atoms with Crippen molar-refractivity contribution < 1.29 is 18.3 Å². The summed E-state index contributed by atoms with van der Waals surface area (Å²) >= 11 is 5.75. The molecule has 0 heterocycles. The van der Waals surface area contributed by atoms with Crippen LogP contribution in [0, 0.1) is 0 Å². The van der Waals surface area contributed by atoms with Crippen LogP contribution in [0.2, 0.25) is 5.02 Å². The minimum absolute atomic E-state index is 0. The number of amides is 1. The van der Waals surface area contributed by atoms with Crippen LogP contribution in [0.4, 0.5) is 8.78 Å². The van der Waals surface area contributed by atoms with E-state index in [9.17, 15) is 13.6 Å². The zero-order valence-corrected chi connectivity index (χ0v) is 12.5. The standard InChI is InChI=1S/C12H15ClF2N2O2.ClH/c1-7(16-2)6-17-11(18)9-5-8(13)3-4-10(9)19-12(14)15;/h3-5,7,12,16H,6H2,1-2H3,(H,17,18);1H. The zero-order valence-electron chi connectivity index (χ0n) is 11.0. The van der Waals surface area contributed by atoms with Gasteiger partial charge in [0.25, 0.3) is 5.91 Å². The molecular weight excluding hydrogens is 313 g/mol. The normalized spacial score (nSPS) is 11.7. The van der Waals surface area contributed by atoms with Gasteiger partial charge >= 0.3 is 6.61 Å². The summed E-state index contributed by atoms with van der Waals surface area (Å²) in [5.41, 5.74) is -0.0175.